The van der Waals surface area contributed by atoms with E-state index in [1.807, 2.05) is 0 Å². The first kappa shape index (κ1) is 27.9. The van der Waals surface area contributed by atoms with Gasteiger partial charge in [-0.05, 0) is 89.0 Å². The number of hydrogen-bond acceptors (Lipinski definition) is 7. The quantitative estimate of drug-likeness (QED) is 0.322. The normalized spacial score (nSPS) is 17.8. The van der Waals surface area contributed by atoms with Crippen LogP contribution in [0.1, 0.15) is 65.2 Å². The average molecular weight is 498 g/mol. The van der Waals surface area contributed by atoms with E-state index in [-0.39, 0.29) is 6.10 Å². The number of methoxy groups -OCH3 is 1. The second-order valence-electron chi connectivity index (χ2n) is 9.90. The smallest absolute Gasteiger partial charge is 0.326 e. The summed E-state index contributed by atoms with van der Waals surface area (Å²) in [5.41, 5.74) is 5.89. The van der Waals surface area contributed by atoms with E-state index in [1.165, 1.54) is 41.6 Å². The minimum atomic E-state index is -0.877. The first-order chi connectivity index (χ1) is 17.5. The molecule has 0 unspecified atom stereocenters. The number of carboxylic acids is 1. The van der Waals surface area contributed by atoms with Gasteiger partial charge in [-0.2, -0.15) is 0 Å². The van der Waals surface area contributed by atoms with E-state index in [1.54, 1.807) is 19.4 Å². The van der Waals surface area contributed by atoms with Gasteiger partial charge in [0.15, 0.2) is 0 Å². The Kier molecular flexibility index (Phi) is 11.4. The van der Waals surface area contributed by atoms with Gasteiger partial charge in [-0.25, -0.2) is 14.8 Å². The Bertz CT molecular complexity index is 928. The maximum atomic E-state index is 11.8. The summed E-state index contributed by atoms with van der Waals surface area (Å²) in [6, 6.07) is 0.977. The summed E-state index contributed by atoms with van der Waals surface area (Å²) in [6.07, 6.45) is 16.2. The maximum absolute atomic E-state index is 11.8. The highest BCUT2D eigenvalue weighted by Crippen LogP contribution is 2.27. The lowest BCUT2D eigenvalue weighted by Gasteiger charge is -2.27. The van der Waals surface area contributed by atoms with Gasteiger partial charge in [-0.3, -0.25) is 0 Å². The lowest BCUT2D eigenvalue weighted by Crippen LogP contribution is -2.38. The molecule has 0 bridgehead atoms. The van der Waals surface area contributed by atoms with Crippen molar-refractivity contribution in [1.82, 2.24) is 20.2 Å². The fourth-order valence-corrected chi connectivity index (χ4v) is 4.84. The highest BCUT2D eigenvalue weighted by atomic mass is 16.5. The van der Waals surface area contributed by atoms with Gasteiger partial charge in [0.2, 0.25) is 0 Å². The van der Waals surface area contributed by atoms with Crippen LogP contribution in [-0.2, 0) is 9.53 Å². The summed E-state index contributed by atoms with van der Waals surface area (Å²) >= 11 is 0. The molecule has 0 saturated carbocycles. The Morgan fingerprint density at radius 2 is 2.11 bits per heavy atom. The molecule has 8 heteroatoms. The highest BCUT2D eigenvalue weighted by Gasteiger charge is 2.20. The van der Waals surface area contributed by atoms with Gasteiger partial charge in [-0.15, -0.1) is 0 Å². The molecular weight excluding hydrogens is 454 g/mol. The second kappa shape index (κ2) is 14.8. The number of nitrogens with one attached hydrogen (secondary N) is 2. The van der Waals surface area contributed by atoms with Crippen LogP contribution in [0.25, 0.3) is 0 Å². The Morgan fingerprint density at radius 3 is 2.86 bits per heavy atom. The van der Waals surface area contributed by atoms with Crippen LogP contribution >= 0.6 is 0 Å². The third-order valence-electron chi connectivity index (χ3n) is 7.16. The molecule has 0 fully saturated rings. The largest absolute Gasteiger partial charge is 0.480 e. The van der Waals surface area contributed by atoms with Crippen molar-refractivity contribution < 1.29 is 14.6 Å². The topological polar surface area (TPSA) is 99.6 Å². The first-order valence-corrected chi connectivity index (χ1v) is 13.3. The van der Waals surface area contributed by atoms with Gasteiger partial charge in [0.1, 0.15) is 18.2 Å². The number of rotatable bonds is 14. The molecule has 2 aliphatic rings. The molecule has 36 heavy (non-hydrogen) atoms. The number of allylic oxidation sites excluding steroid dienone is 6. The number of carboxylic acid groups (broad SMARTS) is 1. The zero-order valence-corrected chi connectivity index (χ0v) is 22.1. The van der Waals surface area contributed by atoms with Crippen LogP contribution in [0, 0.1) is 0 Å². The molecule has 2 heterocycles. The molecule has 1 aromatic heterocycles. The van der Waals surface area contributed by atoms with E-state index < -0.39 is 12.0 Å². The Hall–Kier alpha value is -2.71. The van der Waals surface area contributed by atoms with Crippen LogP contribution in [0.5, 0.6) is 0 Å². The SMILES string of the molecule is CO[C@H](C)CN(CCCCC1=C(C)CCC2=C(C=C1)CCCN2)CC[C@H](Nc1ccncn1)C(=O)O. The Balaban J connectivity index is 1.51. The lowest BCUT2D eigenvalue weighted by molar-refractivity contribution is -0.138. The molecule has 198 valence electrons. The first-order valence-electron chi connectivity index (χ1n) is 13.3. The van der Waals surface area contributed by atoms with E-state index in [4.69, 9.17) is 4.74 Å². The molecule has 3 rings (SSSR count). The number of nitrogens with zero attached hydrogens (tertiary/aromatic N) is 3. The molecule has 1 aromatic rings. The monoisotopic (exact) mass is 497 g/mol. The summed E-state index contributed by atoms with van der Waals surface area (Å²) in [6.45, 7) is 7.80. The van der Waals surface area contributed by atoms with Gasteiger partial charge in [-0.1, -0.05) is 17.7 Å². The average Bonchev–Trinajstić information content (AvgIpc) is 2.88. The van der Waals surface area contributed by atoms with Crippen LogP contribution in [0.2, 0.25) is 0 Å². The summed E-state index contributed by atoms with van der Waals surface area (Å²) < 4.78 is 5.50. The van der Waals surface area contributed by atoms with Crippen LogP contribution in [0.3, 0.4) is 0 Å². The van der Waals surface area contributed by atoms with Gasteiger partial charge in [0.05, 0.1) is 6.10 Å². The van der Waals surface area contributed by atoms with Crippen LogP contribution in [0.4, 0.5) is 5.82 Å². The van der Waals surface area contributed by atoms with Gasteiger partial charge in [0, 0.05) is 38.6 Å². The molecule has 0 radical (unpaired) electrons. The zero-order valence-electron chi connectivity index (χ0n) is 22.1. The highest BCUT2D eigenvalue weighted by molar-refractivity contribution is 5.76. The molecule has 2 atom stereocenters. The molecule has 0 amide bonds. The van der Waals surface area contributed by atoms with Crippen molar-refractivity contribution in [2.45, 2.75) is 77.4 Å². The van der Waals surface area contributed by atoms with E-state index >= 15 is 0 Å². The minimum Gasteiger partial charge on any atom is -0.480 e. The van der Waals surface area contributed by atoms with Crippen LogP contribution in [0.15, 0.2) is 53.2 Å². The summed E-state index contributed by atoms with van der Waals surface area (Å²) in [5, 5.41) is 16.3. The zero-order chi connectivity index (χ0) is 25.8. The third-order valence-corrected chi connectivity index (χ3v) is 7.16. The molecule has 3 N–H and O–H groups in total. The summed E-state index contributed by atoms with van der Waals surface area (Å²) in [7, 11) is 1.72. The molecule has 0 spiro atoms. The van der Waals surface area contributed by atoms with Gasteiger partial charge in [0.25, 0.3) is 0 Å². The maximum Gasteiger partial charge on any atom is 0.326 e. The number of carbonyl (C=O) groups is 1. The van der Waals surface area contributed by atoms with Crippen molar-refractivity contribution in [1.29, 1.82) is 0 Å². The number of hydrogen-bond donors (Lipinski definition) is 3. The van der Waals surface area contributed by atoms with Crippen LogP contribution in [-0.4, -0.2) is 71.4 Å². The fourth-order valence-electron chi connectivity index (χ4n) is 4.84. The van der Waals surface area contributed by atoms with E-state index in [2.05, 4.69) is 51.5 Å². The van der Waals surface area contributed by atoms with Crippen molar-refractivity contribution in [2.24, 2.45) is 0 Å². The summed E-state index contributed by atoms with van der Waals surface area (Å²) in [5.74, 6) is -0.352. The molecule has 8 nitrogen and oxygen atoms in total. The molecular formula is C28H43N5O3. The third kappa shape index (κ3) is 9.06. The van der Waals surface area contributed by atoms with E-state index in [9.17, 15) is 9.90 Å². The van der Waals surface area contributed by atoms with Crippen molar-refractivity contribution in [3.05, 3.63) is 53.2 Å². The number of unbranched alkanes of at least 4 members (excludes halogenated alkanes) is 1. The molecule has 0 saturated heterocycles. The number of ether oxygens (including phenoxy) is 1. The predicted molar refractivity (Wildman–Crippen MR) is 144 cm³/mol. The lowest BCUT2D eigenvalue weighted by atomic mass is 9.91. The Labute approximate surface area is 215 Å². The van der Waals surface area contributed by atoms with E-state index in [0.717, 1.165) is 51.7 Å². The Morgan fingerprint density at radius 1 is 1.25 bits per heavy atom. The standard InChI is InChI=1S/C28H43N5O3/c1-21-9-12-25-24(8-6-15-30-25)11-10-23(21)7-4-5-17-33(19-22(2)36-3)18-14-26(28(34)35)32-27-13-16-29-20-31-27/h10-11,13,16,20,22,26,30H,4-9,12,14-15,17-19H2,1-3H3,(H,34,35)(H,29,31,32)/t22-,26+/m1/s1. The number of aliphatic carboxylic acids is 1. The van der Waals surface area contributed by atoms with Crippen molar-refractivity contribution in [2.75, 3.05) is 38.6 Å². The number of anilines is 1. The van der Waals surface area contributed by atoms with Crippen molar-refractivity contribution >= 4 is 11.8 Å². The second-order valence-corrected chi connectivity index (χ2v) is 9.90. The van der Waals surface area contributed by atoms with E-state index in [0.29, 0.717) is 18.8 Å². The van der Waals surface area contributed by atoms with Gasteiger partial charge < -0.3 is 25.4 Å². The van der Waals surface area contributed by atoms with Gasteiger partial charge >= 0.3 is 5.97 Å². The fraction of sp³-hybridized carbons (Fsp3) is 0.607. The van der Waals surface area contributed by atoms with Crippen molar-refractivity contribution in [3.8, 4) is 0 Å². The molecule has 1 aliphatic heterocycles. The molecule has 0 aromatic carbocycles. The minimum absolute atomic E-state index is 0.0909. The molecule has 1 aliphatic carbocycles. The predicted octanol–water partition coefficient (Wildman–Crippen LogP) is 4.54. The van der Waals surface area contributed by atoms with Crippen LogP contribution < -0.4 is 10.6 Å². The summed E-state index contributed by atoms with van der Waals surface area (Å²) in [4.78, 5) is 22.1. The number of aromatic nitrogens is 2. The van der Waals surface area contributed by atoms with Crippen molar-refractivity contribution in [3.63, 3.8) is 0 Å².